The van der Waals surface area contributed by atoms with Crippen LogP contribution in [0, 0.1) is 0 Å². The summed E-state index contributed by atoms with van der Waals surface area (Å²) < 4.78 is 8.49. The highest BCUT2D eigenvalue weighted by molar-refractivity contribution is 8.77. The van der Waals surface area contributed by atoms with E-state index in [4.69, 9.17) is 10.5 Å². The topological polar surface area (TPSA) is 117 Å². The Hall–Kier alpha value is -3.44. The van der Waals surface area contributed by atoms with E-state index in [0.29, 0.717) is 42.4 Å². The lowest BCUT2D eigenvalue weighted by Gasteiger charge is -2.09. The van der Waals surface area contributed by atoms with Crippen LogP contribution in [0.2, 0.25) is 0 Å². The average Bonchev–Trinajstić information content (AvgIpc) is 3.58. The standard InChI is InChI=1S/C27H30N6O3S2/c28-25-26-31-33(20-6-2-1-3-7-20)27(35)32(26)18-23(30-25)19-10-12-21(13-11-19)36-16-15-29-24(34)9-5-4-8-22-14-17-37-38-22/h1-3,6-7,10-13,18,22H,4-5,8-9,14-17H2,(H2,28,30)(H,29,34). The molecule has 1 amide bonds. The molecule has 3 heterocycles. The third-order valence-electron chi connectivity index (χ3n) is 6.28. The summed E-state index contributed by atoms with van der Waals surface area (Å²) in [5.74, 6) is 2.17. The van der Waals surface area contributed by atoms with Gasteiger partial charge in [0.05, 0.1) is 17.9 Å². The van der Waals surface area contributed by atoms with Crippen molar-refractivity contribution in [3.8, 4) is 22.7 Å². The van der Waals surface area contributed by atoms with Gasteiger partial charge in [0.2, 0.25) is 11.6 Å². The molecule has 0 saturated carbocycles. The number of para-hydroxylation sites is 1. The molecule has 9 nitrogen and oxygen atoms in total. The van der Waals surface area contributed by atoms with Crippen LogP contribution in [0.4, 0.5) is 5.82 Å². The van der Waals surface area contributed by atoms with E-state index < -0.39 is 0 Å². The number of ether oxygens (including phenoxy) is 1. The van der Waals surface area contributed by atoms with Crippen molar-refractivity contribution in [1.29, 1.82) is 0 Å². The fourth-order valence-corrected chi connectivity index (χ4v) is 7.30. The fourth-order valence-electron chi connectivity index (χ4n) is 4.27. The van der Waals surface area contributed by atoms with Gasteiger partial charge < -0.3 is 15.8 Å². The molecule has 3 N–H and O–H groups in total. The zero-order valence-corrected chi connectivity index (χ0v) is 22.5. The van der Waals surface area contributed by atoms with Crippen molar-refractivity contribution in [2.75, 3.05) is 24.6 Å². The summed E-state index contributed by atoms with van der Waals surface area (Å²) in [5.41, 5.74) is 8.11. The number of benzene rings is 2. The van der Waals surface area contributed by atoms with E-state index in [9.17, 15) is 9.59 Å². The summed E-state index contributed by atoms with van der Waals surface area (Å²) in [6.45, 7) is 0.838. The maximum atomic E-state index is 13.0. The molecule has 1 aliphatic rings. The van der Waals surface area contributed by atoms with Crippen molar-refractivity contribution in [3.05, 3.63) is 71.3 Å². The first-order chi connectivity index (χ1) is 18.6. The largest absolute Gasteiger partial charge is 0.492 e. The number of nitrogens with two attached hydrogens (primary N) is 1. The number of unbranched alkanes of at least 4 members (excludes halogenated alkanes) is 1. The maximum absolute atomic E-state index is 13.0. The second-order valence-corrected chi connectivity index (χ2v) is 11.8. The van der Waals surface area contributed by atoms with E-state index in [2.05, 4.69) is 15.4 Å². The van der Waals surface area contributed by atoms with Gasteiger partial charge in [-0.15, -0.1) is 5.10 Å². The third kappa shape index (κ3) is 6.33. The van der Waals surface area contributed by atoms with Crippen molar-refractivity contribution in [2.45, 2.75) is 37.4 Å². The van der Waals surface area contributed by atoms with Gasteiger partial charge in [-0.3, -0.25) is 4.79 Å². The number of fused-ring (bicyclic) bond motifs is 1. The molecule has 0 radical (unpaired) electrons. The monoisotopic (exact) mass is 550 g/mol. The van der Waals surface area contributed by atoms with Gasteiger partial charge in [0, 0.05) is 29.2 Å². The molecule has 2 aromatic heterocycles. The molecule has 198 valence electrons. The minimum atomic E-state index is -0.324. The third-order valence-corrected chi connectivity index (χ3v) is 9.29. The highest BCUT2D eigenvalue weighted by atomic mass is 33.1. The van der Waals surface area contributed by atoms with Crippen LogP contribution in [-0.4, -0.2) is 49.2 Å². The van der Waals surface area contributed by atoms with Gasteiger partial charge >= 0.3 is 5.69 Å². The van der Waals surface area contributed by atoms with E-state index in [1.165, 1.54) is 27.7 Å². The Kier molecular flexibility index (Phi) is 8.54. The minimum absolute atomic E-state index is 0.0716. The summed E-state index contributed by atoms with van der Waals surface area (Å²) in [6.07, 6.45) is 6.73. The zero-order valence-electron chi connectivity index (χ0n) is 20.9. The first-order valence-electron chi connectivity index (χ1n) is 12.7. The maximum Gasteiger partial charge on any atom is 0.355 e. The molecule has 0 aliphatic carbocycles. The molecule has 4 aromatic rings. The van der Waals surface area contributed by atoms with Crippen LogP contribution in [0.1, 0.15) is 32.1 Å². The second kappa shape index (κ2) is 12.4. The average molecular weight is 551 g/mol. The van der Waals surface area contributed by atoms with Gasteiger partial charge in [-0.2, -0.15) is 4.68 Å². The number of hydrogen-bond donors (Lipinski definition) is 2. The molecule has 11 heteroatoms. The lowest BCUT2D eigenvalue weighted by molar-refractivity contribution is -0.121. The number of hydrogen-bond acceptors (Lipinski definition) is 8. The van der Waals surface area contributed by atoms with Crippen LogP contribution in [0.5, 0.6) is 5.75 Å². The zero-order chi connectivity index (χ0) is 26.3. The molecule has 1 atom stereocenters. The predicted octanol–water partition coefficient (Wildman–Crippen LogP) is 4.34. The molecular formula is C27H30N6O3S2. The van der Waals surface area contributed by atoms with Gasteiger partial charge in [-0.05, 0) is 55.7 Å². The Morgan fingerprint density at radius 3 is 2.71 bits per heavy atom. The van der Waals surface area contributed by atoms with E-state index in [-0.39, 0.29) is 17.4 Å². The fraction of sp³-hybridized carbons (Fsp3) is 0.333. The number of carbonyl (C=O) groups is 1. The summed E-state index contributed by atoms with van der Waals surface area (Å²) in [7, 11) is 3.95. The van der Waals surface area contributed by atoms with E-state index >= 15 is 0 Å². The van der Waals surface area contributed by atoms with Crippen molar-refractivity contribution >= 4 is 39.0 Å². The first kappa shape index (κ1) is 26.2. The van der Waals surface area contributed by atoms with Crippen LogP contribution in [0.15, 0.2) is 65.6 Å². The SMILES string of the molecule is Nc1nc(-c2ccc(OCCNC(=O)CCCCC3CCSS3)cc2)cn2c(=O)n(-c3ccccc3)nc12. The summed E-state index contributed by atoms with van der Waals surface area (Å²) in [6, 6.07) is 16.5. The normalized spacial score (nSPS) is 15.1. The van der Waals surface area contributed by atoms with Gasteiger partial charge in [0.1, 0.15) is 12.4 Å². The second-order valence-electron chi connectivity index (χ2n) is 9.03. The van der Waals surface area contributed by atoms with Crippen molar-refractivity contribution in [1.82, 2.24) is 24.5 Å². The van der Waals surface area contributed by atoms with Gasteiger partial charge in [0.15, 0.2) is 5.82 Å². The summed E-state index contributed by atoms with van der Waals surface area (Å²) >= 11 is 0. The number of amides is 1. The molecule has 5 rings (SSSR count). The molecule has 2 aromatic carbocycles. The van der Waals surface area contributed by atoms with E-state index in [0.717, 1.165) is 23.7 Å². The number of nitrogens with zero attached hydrogens (tertiary/aromatic N) is 4. The predicted molar refractivity (Wildman–Crippen MR) is 154 cm³/mol. The molecule has 1 unspecified atom stereocenters. The minimum Gasteiger partial charge on any atom is -0.492 e. The highest BCUT2D eigenvalue weighted by Gasteiger charge is 2.16. The molecule has 38 heavy (non-hydrogen) atoms. The molecular weight excluding hydrogens is 520 g/mol. The number of aromatic nitrogens is 4. The van der Waals surface area contributed by atoms with Gasteiger partial charge in [-0.25, -0.2) is 14.2 Å². The summed E-state index contributed by atoms with van der Waals surface area (Å²) in [4.78, 5) is 29.5. The van der Waals surface area contributed by atoms with Crippen LogP contribution in [-0.2, 0) is 4.79 Å². The van der Waals surface area contributed by atoms with Crippen LogP contribution < -0.4 is 21.5 Å². The molecule has 0 spiro atoms. The number of nitrogen functional groups attached to an aromatic ring is 1. The Morgan fingerprint density at radius 1 is 1.13 bits per heavy atom. The van der Waals surface area contributed by atoms with Crippen molar-refractivity contribution in [2.24, 2.45) is 0 Å². The van der Waals surface area contributed by atoms with E-state index in [1.54, 1.807) is 18.3 Å². The van der Waals surface area contributed by atoms with Gasteiger partial charge in [0.25, 0.3) is 0 Å². The van der Waals surface area contributed by atoms with Gasteiger partial charge in [-0.1, -0.05) is 46.2 Å². The lowest BCUT2D eigenvalue weighted by Crippen LogP contribution is -2.27. The smallest absolute Gasteiger partial charge is 0.355 e. The quantitative estimate of drug-likeness (QED) is 0.209. The van der Waals surface area contributed by atoms with Crippen LogP contribution in [0.3, 0.4) is 0 Å². The van der Waals surface area contributed by atoms with Crippen molar-refractivity contribution in [3.63, 3.8) is 0 Å². The number of anilines is 1. The Morgan fingerprint density at radius 2 is 1.95 bits per heavy atom. The molecule has 0 bridgehead atoms. The Bertz CT molecular complexity index is 1430. The van der Waals surface area contributed by atoms with E-state index in [1.807, 2.05) is 64.1 Å². The van der Waals surface area contributed by atoms with Crippen LogP contribution >= 0.6 is 21.6 Å². The summed E-state index contributed by atoms with van der Waals surface area (Å²) in [5, 5.41) is 8.04. The number of nitrogens with one attached hydrogen (secondary N) is 1. The Balaban J connectivity index is 1.13. The molecule has 1 saturated heterocycles. The number of rotatable bonds is 11. The van der Waals surface area contributed by atoms with Crippen LogP contribution in [0.25, 0.3) is 22.6 Å². The Labute approximate surface area is 228 Å². The highest BCUT2D eigenvalue weighted by Crippen LogP contribution is 2.39. The lowest BCUT2D eigenvalue weighted by atomic mass is 10.1. The molecule has 1 aliphatic heterocycles. The number of carbonyl (C=O) groups excluding carboxylic acids is 1. The molecule has 1 fully saturated rings. The first-order valence-corrected chi connectivity index (χ1v) is 15.1. The van der Waals surface area contributed by atoms with Crippen molar-refractivity contribution < 1.29 is 9.53 Å².